The van der Waals surface area contributed by atoms with Crippen molar-refractivity contribution in [3.8, 4) is 17.6 Å². The molecule has 3 aromatic rings. The maximum absolute atomic E-state index is 13.3. The normalized spacial score (nSPS) is 25.8. The average molecular weight is 347 g/mol. The molecule has 1 N–H and O–H groups in total. The van der Waals surface area contributed by atoms with E-state index < -0.39 is 5.41 Å². The summed E-state index contributed by atoms with van der Waals surface area (Å²) in [6.45, 7) is 2.47. The fraction of sp³-hybridized carbons (Fsp3) is 0.389. The first-order chi connectivity index (χ1) is 12.6. The van der Waals surface area contributed by atoms with E-state index in [1.165, 1.54) is 0 Å². The van der Waals surface area contributed by atoms with Gasteiger partial charge in [-0.2, -0.15) is 10.4 Å². The zero-order chi connectivity index (χ0) is 17.9. The highest BCUT2D eigenvalue weighted by Crippen LogP contribution is 2.54. The Morgan fingerprint density at radius 3 is 2.92 bits per heavy atom. The van der Waals surface area contributed by atoms with Crippen LogP contribution in [-0.4, -0.2) is 37.0 Å². The van der Waals surface area contributed by atoms with E-state index in [1.54, 1.807) is 34.2 Å². The highest BCUT2D eigenvalue weighted by molar-refractivity contribution is 6.04. The number of aromatic amines is 1. The van der Waals surface area contributed by atoms with Crippen LogP contribution < -0.4 is 4.90 Å². The fourth-order valence-corrected chi connectivity index (χ4v) is 4.11. The van der Waals surface area contributed by atoms with Gasteiger partial charge in [-0.3, -0.25) is 9.69 Å². The van der Waals surface area contributed by atoms with Gasteiger partial charge >= 0.3 is 0 Å². The number of anilines is 1. The number of hydrogen-bond acceptors (Lipinski definition) is 5. The number of rotatable bonds is 3. The van der Waals surface area contributed by atoms with Crippen LogP contribution in [0.15, 0.2) is 30.9 Å². The smallest absolute Gasteiger partial charge is 0.249 e. The largest absolute Gasteiger partial charge is 0.343 e. The molecule has 0 bridgehead atoms. The Kier molecular flexibility index (Phi) is 2.98. The van der Waals surface area contributed by atoms with Gasteiger partial charge < -0.3 is 4.98 Å². The molecule has 0 aromatic carbocycles. The van der Waals surface area contributed by atoms with Crippen LogP contribution in [0, 0.1) is 28.6 Å². The molecule has 0 spiro atoms. The van der Waals surface area contributed by atoms with Gasteiger partial charge in [-0.1, -0.05) is 6.92 Å². The van der Waals surface area contributed by atoms with E-state index in [0.717, 1.165) is 18.4 Å². The molecule has 0 unspecified atom stereocenters. The minimum atomic E-state index is -0.931. The Morgan fingerprint density at radius 1 is 1.38 bits per heavy atom. The molecule has 26 heavy (non-hydrogen) atoms. The van der Waals surface area contributed by atoms with Crippen molar-refractivity contribution >= 4 is 17.2 Å². The van der Waals surface area contributed by atoms with Crippen LogP contribution >= 0.6 is 0 Å². The Balaban J connectivity index is 1.67. The maximum atomic E-state index is 13.3. The summed E-state index contributed by atoms with van der Waals surface area (Å²) in [6.07, 6.45) is 8.72. The Bertz CT molecular complexity index is 1040. The summed E-state index contributed by atoms with van der Waals surface area (Å²) in [6, 6.07) is 4.19. The van der Waals surface area contributed by atoms with Gasteiger partial charge in [0.2, 0.25) is 5.91 Å². The van der Waals surface area contributed by atoms with Crippen molar-refractivity contribution in [1.29, 1.82) is 5.26 Å². The molecule has 1 aliphatic carbocycles. The highest BCUT2D eigenvalue weighted by Gasteiger charge is 2.61. The molecule has 1 aliphatic heterocycles. The number of imidazole rings is 1. The van der Waals surface area contributed by atoms with Gasteiger partial charge in [0.05, 0.1) is 18.5 Å². The second kappa shape index (κ2) is 5.14. The summed E-state index contributed by atoms with van der Waals surface area (Å²) in [4.78, 5) is 27.0. The lowest BCUT2D eigenvalue weighted by atomic mass is 9.75. The standard InChI is InChI=1S/C18H17N7O/c1-11-8-24(17(26)18(11,10-19)12-2-3-12)16-14-4-5-22-25(14)9-13(23-16)15-20-6-7-21-15/h4-7,9,11-12H,2-3,8H2,1H3,(H,20,21)/t11-,18+/m1/s1. The quantitative estimate of drug-likeness (QED) is 0.781. The summed E-state index contributed by atoms with van der Waals surface area (Å²) in [5.74, 6) is 1.13. The molecule has 2 fully saturated rings. The molecule has 8 heteroatoms. The van der Waals surface area contributed by atoms with Crippen LogP contribution in [0.2, 0.25) is 0 Å². The van der Waals surface area contributed by atoms with Crippen LogP contribution in [0.25, 0.3) is 17.0 Å². The second-order valence-corrected chi connectivity index (χ2v) is 7.12. The van der Waals surface area contributed by atoms with Crippen molar-refractivity contribution < 1.29 is 4.79 Å². The van der Waals surface area contributed by atoms with Crippen LogP contribution in [-0.2, 0) is 4.79 Å². The van der Waals surface area contributed by atoms with E-state index in [9.17, 15) is 10.1 Å². The first-order valence-corrected chi connectivity index (χ1v) is 8.72. The van der Waals surface area contributed by atoms with E-state index >= 15 is 0 Å². The number of carbonyl (C=O) groups is 1. The van der Waals surface area contributed by atoms with Gasteiger partial charge in [-0.05, 0) is 24.8 Å². The highest BCUT2D eigenvalue weighted by atomic mass is 16.2. The number of fused-ring (bicyclic) bond motifs is 1. The molecule has 4 heterocycles. The lowest BCUT2D eigenvalue weighted by molar-refractivity contribution is -0.124. The minimum absolute atomic E-state index is 0.0375. The van der Waals surface area contributed by atoms with Gasteiger partial charge in [-0.25, -0.2) is 14.5 Å². The molecule has 0 radical (unpaired) electrons. The molecule has 3 aromatic heterocycles. The van der Waals surface area contributed by atoms with Crippen molar-refractivity contribution in [2.24, 2.45) is 17.3 Å². The number of aromatic nitrogens is 5. The van der Waals surface area contributed by atoms with Crippen LogP contribution in [0.4, 0.5) is 5.82 Å². The first kappa shape index (κ1) is 15.1. The average Bonchev–Trinajstić information content (AvgIpc) is 3.09. The van der Waals surface area contributed by atoms with Crippen LogP contribution in [0.5, 0.6) is 0 Å². The zero-order valence-corrected chi connectivity index (χ0v) is 14.3. The first-order valence-electron chi connectivity index (χ1n) is 8.72. The van der Waals surface area contributed by atoms with E-state index in [4.69, 9.17) is 4.98 Å². The third-order valence-electron chi connectivity index (χ3n) is 5.61. The summed E-state index contributed by atoms with van der Waals surface area (Å²) < 4.78 is 1.70. The van der Waals surface area contributed by atoms with E-state index in [1.807, 2.05) is 13.0 Å². The van der Waals surface area contributed by atoms with Crippen LogP contribution in [0.1, 0.15) is 19.8 Å². The Morgan fingerprint density at radius 2 is 2.23 bits per heavy atom. The van der Waals surface area contributed by atoms with E-state index in [2.05, 4.69) is 21.1 Å². The number of nitriles is 1. The monoisotopic (exact) mass is 347 g/mol. The molecule has 1 amide bonds. The van der Waals surface area contributed by atoms with Crippen molar-refractivity contribution in [3.63, 3.8) is 0 Å². The molecule has 5 rings (SSSR count). The van der Waals surface area contributed by atoms with E-state index in [0.29, 0.717) is 23.9 Å². The number of H-pyrrole nitrogens is 1. The number of nitrogens with one attached hydrogen (secondary N) is 1. The summed E-state index contributed by atoms with van der Waals surface area (Å²) in [5, 5.41) is 14.2. The summed E-state index contributed by atoms with van der Waals surface area (Å²) in [5.41, 5.74) is 0.409. The summed E-state index contributed by atoms with van der Waals surface area (Å²) in [7, 11) is 0. The molecular formula is C18H17N7O. The molecule has 2 atom stereocenters. The van der Waals surface area contributed by atoms with Crippen molar-refractivity contribution in [2.75, 3.05) is 11.4 Å². The van der Waals surface area contributed by atoms with E-state index in [-0.39, 0.29) is 17.7 Å². The number of carbonyl (C=O) groups excluding carboxylic acids is 1. The number of hydrogen-bond donors (Lipinski definition) is 1. The SMILES string of the molecule is C[C@@H]1CN(c2nc(-c3ncc[nH]3)cn3nccc23)C(=O)[C@]1(C#N)C1CC1. The lowest BCUT2D eigenvalue weighted by Crippen LogP contribution is -2.37. The predicted molar refractivity (Wildman–Crippen MR) is 92.9 cm³/mol. The molecule has 2 aliphatic rings. The molecule has 8 nitrogen and oxygen atoms in total. The lowest BCUT2D eigenvalue weighted by Gasteiger charge is -2.23. The summed E-state index contributed by atoms with van der Waals surface area (Å²) >= 11 is 0. The zero-order valence-electron chi connectivity index (χ0n) is 14.3. The van der Waals surface area contributed by atoms with Gasteiger partial charge in [0, 0.05) is 24.9 Å². The molecule has 1 saturated heterocycles. The van der Waals surface area contributed by atoms with Gasteiger partial charge in [0.25, 0.3) is 0 Å². The fourth-order valence-electron chi connectivity index (χ4n) is 4.11. The minimum Gasteiger partial charge on any atom is -0.343 e. The maximum Gasteiger partial charge on any atom is 0.249 e. The Hall–Kier alpha value is -3.21. The van der Waals surface area contributed by atoms with Gasteiger partial charge in [-0.15, -0.1) is 0 Å². The molecular weight excluding hydrogens is 330 g/mol. The second-order valence-electron chi connectivity index (χ2n) is 7.12. The third-order valence-corrected chi connectivity index (χ3v) is 5.61. The Labute approximate surface area is 149 Å². The number of nitrogens with zero attached hydrogens (tertiary/aromatic N) is 6. The van der Waals surface area contributed by atoms with Crippen molar-refractivity contribution in [3.05, 3.63) is 30.9 Å². The number of amides is 1. The topological polar surface area (TPSA) is 103 Å². The van der Waals surface area contributed by atoms with Crippen molar-refractivity contribution in [1.82, 2.24) is 24.6 Å². The molecule has 1 saturated carbocycles. The predicted octanol–water partition coefficient (Wildman–Crippen LogP) is 2.02. The van der Waals surface area contributed by atoms with Crippen LogP contribution in [0.3, 0.4) is 0 Å². The van der Waals surface area contributed by atoms with Gasteiger partial charge in [0.1, 0.15) is 16.6 Å². The third kappa shape index (κ3) is 1.88. The molecule has 130 valence electrons. The van der Waals surface area contributed by atoms with Gasteiger partial charge in [0.15, 0.2) is 11.6 Å². The van der Waals surface area contributed by atoms with Crippen molar-refractivity contribution in [2.45, 2.75) is 19.8 Å².